The van der Waals surface area contributed by atoms with Gasteiger partial charge in [0.1, 0.15) is 0 Å². The number of nitrogens with two attached hydrogens (primary N) is 4. The third-order valence-electron chi connectivity index (χ3n) is 1.71. The maximum absolute atomic E-state index is 11.5. The highest BCUT2D eigenvalue weighted by Crippen LogP contribution is 2.33. The van der Waals surface area contributed by atoms with Gasteiger partial charge in [-0.1, -0.05) is 6.92 Å². The lowest BCUT2D eigenvalue weighted by Gasteiger charge is -2.20. The highest BCUT2D eigenvalue weighted by molar-refractivity contribution is 7.59. The summed E-state index contributed by atoms with van der Waals surface area (Å²) in [5.41, 5.74) is 20.7. The van der Waals surface area contributed by atoms with Crippen LogP contribution in [0.2, 0.25) is 0 Å². The standard InChI is InChI=1S/C6H20N6O2P2/c1-2-4-11-6(15(7,8)13)3-5-12-16(9,10)14/h5-6,11H,2-4H2,1H3,(H4,7,8,13)(H4,9,10,14)/b12-5+. The minimum Gasteiger partial charge on any atom is -0.305 e. The Morgan fingerprint density at radius 1 is 1.31 bits per heavy atom. The fraction of sp³-hybridized carbons (Fsp3) is 0.833. The molecule has 9 N–H and O–H groups in total. The summed E-state index contributed by atoms with van der Waals surface area (Å²) in [6, 6.07) is 0. The van der Waals surface area contributed by atoms with E-state index in [2.05, 4.69) is 10.1 Å². The van der Waals surface area contributed by atoms with Crippen molar-refractivity contribution in [2.75, 3.05) is 6.54 Å². The first-order chi connectivity index (χ1) is 7.17. The molecule has 96 valence electrons. The first-order valence-corrected chi connectivity index (χ1v) is 8.49. The molecule has 10 heteroatoms. The average Bonchev–Trinajstić information content (AvgIpc) is 2.06. The Morgan fingerprint density at radius 3 is 2.25 bits per heavy atom. The Morgan fingerprint density at radius 2 is 1.88 bits per heavy atom. The third kappa shape index (κ3) is 8.13. The summed E-state index contributed by atoms with van der Waals surface area (Å²) in [5.74, 6) is -0.609. The predicted molar refractivity (Wildman–Crippen MR) is 67.2 cm³/mol. The molecule has 0 spiro atoms. The van der Waals surface area contributed by atoms with Crippen LogP contribution in [-0.2, 0) is 9.13 Å². The molecular weight excluding hydrogens is 250 g/mol. The molecule has 0 heterocycles. The third-order valence-corrected chi connectivity index (χ3v) is 3.60. The van der Waals surface area contributed by atoms with Crippen molar-refractivity contribution in [3.63, 3.8) is 0 Å². The molecule has 0 aliphatic heterocycles. The number of nitrogens with zero attached hydrogens (tertiary/aromatic N) is 1. The molecule has 0 aliphatic carbocycles. The van der Waals surface area contributed by atoms with Gasteiger partial charge in [0.15, 0.2) is 0 Å². The maximum Gasteiger partial charge on any atom is 0.318 e. The van der Waals surface area contributed by atoms with Crippen LogP contribution in [0.5, 0.6) is 0 Å². The SMILES string of the molecule is CCCNC(C/C=N/P(N)(N)=O)P(N)(N)=O. The highest BCUT2D eigenvalue weighted by Gasteiger charge is 2.23. The van der Waals surface area contributed by atoms with Crippen LogP contribution in [0.25, 0.3) is 0 Å². The van der Waals surface area contributed by atoms with Crippen LogP contribution >= 0.6 is 15.0 Å². The summed E-state index contributed by atoms with van der Waals surface area (Å²) in [4.78, 5) is 0. The Kier molecular flexibility index (Phi) is 6.58. The Balaban J connectivity index is 4.40. The van der Waals surface area contributed by atoms with Crippen molar-refractivity contribution in [2.45, 2.75) is 25.5 Å². The minimum absolute atomic E-state index is 0.169. The highest BCUT2D eigenvalue weighted by atomic mass is 31.2. The monoisotopic (exact) mass is 270 g/mol. The second-order valence-corrected chi connectivity index (χ2v) is 7.17. The van der Waals surface area contributed by atoms with Gasteiger partial charge in [0.2, 0.25) is 7.44 Å². The molecule has 16 heavy (non-hydrogen) atoms. The van der Waals surface area contributed by atoms with E-state index in [0.29, 0.717) is 6.54 Å². The number of nitrogens with one attached hydrogen (secondary N) is 1. The Hall–Kier alpha value is -0.0700. The summed E-state index contributed by atoms with van der Waals surface area (Å²) in [5, 5.41) is 2.92. The van der Waals surface area contributed by atoms with Gasteiger partial charge in [-0.15, -0.1) is 0 Å². The first-order valence-electron chi connectivity index (χ1n) is 4.78. The van der Waals surface area contributed by atoms with Crippen molar-refractivity contribution < 1.29 is 9.13 Å². The molecule has 0 aromatic rings. The summed E-state index contributed by atoms with van der Waals surface area (Å²) in [7, 11) is -6.69. The topological polar surface area (TPSA) is 163 Å². The summed E-state index contributed by atoms with van der Waals surface area (Å²) in [6.45, 7) is 2.57. The number of rotatable bonds is 7. The zero-order chi connectivity index (χ0) is 12.8. The molecule has 0 saturated carbocycles. The second-order valence-electron chi connectivity index (χ2n) is 3.44. The smallest absolute Gasteiger partial charge is 0.305 e. The predicted octanol–water partition coefficient (Wildman–Crippen LogP) is -0.0910. The lowest BCUT2D eigenvalue weighted by atomic mass is 10.4. The second kappa shape index (κ2) is 6.61. The van der Waals surface area contributed by atoms with Gasteiger partial charge in [0.25, 0.3) is 0 Å². The molecule has 0 fully saturated rings. The lowest BCUT2D eigenvalue weighted by molar-refractivity contribution is 0.543. The molecule has 0 amide bonds. The van der Waals surface area contributed by atoms with E-state index in [1.165, 1.54) is 6.21 Å². The quantitative estimate of drug-likeness (QED) is 0.318. The molecule has 0 aromatic heterocycles. The molecule has 0 saturated heterocycles. The fourth-order valence-electron chi connectivity index (χ4n) is 0.976. The van der Waals surface area contributed by atoms with Gasteiger partial charge in [-0.05, 0) is 13.0 Å². The van der Waals surface area contributed by atoms with Gasteiger partial charge in [-0.2, -0.15) is 0 Å². The van der Waals surface area contributed by atoms with Crippen molar-refractivity contribution >= 4 is 21.3 Å². The zero-order valence-electron chi connectivity index (χ0n) is 9.24. The molecule has 1 atom stereocenters. The van der Waals surface area contributed by atoms with Gasteiger partial charge in [-0.25, -0.2) is 4.76 Å². The molecule has 0 rings (SSSR count). The van der Waals surface area contributed by atoms with Crippen molar-refractivity contribution in [1.29, 1.82) is 0 Å². The summed E-state index contributed by atoms with van der Waals surface area (Å²) in [6.07, 6.45) is 2.25. The van der Waals surface area contributed by atoms with E-state index in [1.807, 2.05) is 6.92 Å². The molecule has 1 unspecified atom stereocenters. The summed E-state index contributed by atoms with van der Waals surface area (Å²) >= 11 is 0. The van der Waals surface area contributed by atoms with Crippen molar-refractivity contribution in [3.8, 4) is 0 Å². The van der Waals surface area contributed by atoms with Crippen molar-refractivity contribution in [2.24, 2.45) is 26.8 Å². The molecule has 0 aliphatic rings. The van der Waals surface area contributed by atoms with Crippen LogP contribution in [0.1, 0.15) is 19.8 Å². The molecule has 0 bridgehead atoms. The maximum atomic E-state index is 11.5. The number of hydrogen-bond acceptors (Lipinski definition) is 3. The van der Waals surface area contributed by atoms with Crippen LogP contribution in [0, 0.1) is 0 Å². The van der Waals surface area contributed by atoms with E-state index < -0.39 is 20.8 Å². The van der Waals surface area contributed by atoms with Crippen LogP contribution in [-0.4, -0.2) is 18.5 Å². The van der Waals surface area contributed by atoms with E-state index in [9.17, 15) is 9.13 Å². The van der Waals surface area contributed by atoms with Crippen LogP contribution in [0.3, 0.4) is 0 Å². The number of hydrogen-bond donors (Lipinski definition) is 5. The van der Waals surface area contributed by atoms with Gasteiger partial charge in [-0.3, -0.25) is 31.1 Å². The largest absolute Gasteiger partial charge is 0.318 e. The van der Waals surface area contributed by atoms with Gasteiger partial charge < -0.3 is 5.32 Å². The summed E-state index contributed by atoms with van der Waals surface area (Å²) < 4.78 is 25.8. The van der Waals surface area contributed by atoms with Crippen molar-refractivity contribution in [3.05, 3.63) is 0 Å². The van der Waals surface area contributed by atoms with E-state index in [0.717, 1.165) is 6.42 Å². The normalized spacial score (nSPS) is 15.6. The minimum atomic E-state index is -3.43. The van der Waals surface area contributed by atoms with Gasteiger partial charge >= 0.3 is 7.59 Å². The molecular formula is C6H20N6O2P2. The van der Waals surface area contributed by atoms with E-state index in [1.54, 1.807) is 0 Å². The van der Waals surface area contributed by atoms with Crippen LogP contribution in [0.15, 0.2) is 4.76 Å². The van der Waals surface area contributed by atoms with Gasteiger partial charge in [0, 0.05) is 12.6 Å². The molecule has 0 radical (unpaired) electrons. The van der Waals surface area contributed by atoms with Crippen LogP contribution in [0.4, 0.5) is 0 Å². The Labute approximate surface area is 95.2 Å². The van der Waals surface area contributed by atoms with Crippen LogP contribution < -0.4 is 27.3 Å². The molecule has 8 nitrogen and oxygen atoms in total. The Bertz CT molecular complexity index is 321. The van der Waals surface area contributed by atoms with E-state index >= 15 is 0 Å². The zero-order valence-corrected chi connectivity index (χ0v) is 11.0. The molecule has 0 aromatic carbocycles. The fourth-order valence-corrected chi connectivity index (χ4v) is 2.16. The average molecular weight is 270 g/mol. The van der Waals surface area contributed by atoms with E-state index in [4.69, 9.17) is 22.0 Å². The van der Waals surface area contributed by atoms with E-state index in [-0.39, 0.29) is 6.42 Å². The first kappa shape index (κ1) is 15.9. The lowest BCUT2D eigenvalue weighted by Crippen LogP contribution is -2.35. The van der Waals surface area contributed by atoms with Crippen molar-refractivity contribution in [1.82, 2.24) is 5.32 Å². The van der Waals surface area contributed by atoms with Gasteiger partial charge in [0.05, 0.1) is 5.78 Å².